The number of ether oxygens (including phenoxy) is 1. The first-order chi connectivity index (χ1) is 13.5. The van der Waals surface area contributed by atoms with E-state index in [9.17, 15) is 13.2 Å². The van der Waals surface area contributed by atoms with E-state index >= 15 is 0 Å². The van der Waals surface area contributed by atoms with Crippen molar-refractivity contribution in [2.75, 3.05) is 25.0 Å². The molecule has 0 saturated carbocycles. The topological polar surface area (TPSA) is 75.7 Å². The van der Waals surface area contributed by atoms with Crippen LogP contribution in [0, 0.1) is 0 Å². The molecular formula is C21H26N2O4S. The second-order valence-corrected chi connectivity index (χ2v) is 8.76. The van der Waals surface area contributed by atoms with Crippen LogP contribution in [0.25, 0.3) is 0 Å². The summed E-state index contributed by atoms with van der Waals surface area (Å²) in [7, 11) is -3.47. The van der Waals surface area contributed by atoms with Crippen LogP contribution in [-0.2, 0) is 10.0 Å². The molecule has 0 aliphatic carbocycles. The van der Waals surface area contributed by atoms with Crippen molar-refractivity contribution in [2.24, 2.45) is 0 Å². The van der Waals surface area contributed by atoms with Gasteiger partial charge in [0.2, 0.25) is 10.0 Å². The maximum atomic E-state index is 12.7. The van der Waals surface area contributed by atoms with Gasteiger partial charge in [0, 0.05) is 24.3 Å². The minimum absolute atomic E-state index is 0.252. The molecule has 1 heterocycles. The largest absolute Gasteiger partial charge is 0.494 e. The zero-order valence-electron chi connectivity index (χ0n) is 16.1. The molecule has 1 fully saturated rings. The van der Waals surface area contributed by atoms with Crippen LogP contribution in [0.4, 0.5) is 5.69 Å². The van der Waals surface area contributed by atoms with E-state index in [0.29, 0.717) is 36.7 Å². The van der Waals surface area contributed by atoms with E-state index in [1.807, 2.05) is 13.0 Å². The highest BCUT2D eigenvalue weighted by atomic mass is 32.2. The smallest absolute Gasteiger partial charge is 0.255 e. The van der Waals surface area contributed by atoms with Gasteiger partial charge in [0.15, 0.2) is 0 Å². The van der Waals surface area contributed by atoms with Crippen molar-refractivity contribution in [3.8, 4) is 5.75 Å². The standard InChI is InChI=1S/C21H26N2O4S/c1-2-15-27-19-8-6-7-17(16-19)21(24)22-18-9-11-20(12-10-18)28(25,26)23-13-4-3-5-14-23/h6-12,16H,2-5,13-15H2,1H3,(H,22,24). The van der Waals surface area contributed by atoms with Crippen LogP contribution >= 0.6 is 0 Å². The van der Waals surface area contributed by atoms with Gasteiger partial charge in [-0.2, -0.15) is 4.31 Å². The molecule has 1 aliphatic heterocycles. The molecule has 3 rings (SSSR count). The predicted molar refractivity (Wildman–Crippen MR) is 109 cm³/mol. The minimum Gasteiger partial charge on any atom is -0.494 e. The Morgan fingerprint density at radius 2 is 1.79 bits per heavy atom. The van der Waals surface area contributed by atoms with Crippen LogP contribution in [0.1, 0.15) is 43.0 Å². The molecule has 6 nitrogen and oxygen atoms in total. The van der Waals surface area contributed by atoms with E-state index in [1.54, 1.807) is 42.5 Å². The molecular weight excluding hydrogens is 376 g/mol. The van der Waals surface area contributed by atoms with Gasteiger partial charge in [-0.3, -0.25) is 4.79 Å². The maximum Gasteiger partial charge on any atom is 0.255 e. The van der Waals surface area contributed by atoms with Gasteiger partial charge < -0.3 is 10.1 Å². The van der Waals surface area contributed by atoms with Gasteiger partial charge >= 0.3 is 0 Å². The molecule has 1 aliphatic rings. The van der Waals surface area contributed by atoms with E-state index in [0.717, 1.165) is 25.7 Å². The molecule has 150 valence electrons. The first-order valence-electron chi connectivity index (χ1n) is 9.65. The van der Waals surface area contributed by atoms with Crippen LogP contribution in [0.2, 0.25) is 0 Å². The number of carbonyl (C=O) groups is 1. The second kappa shape index (κ2) is 9.21. The first-order valence-corrected chi connectivity index (χ1v) is 11.1. The lowest BCUT2D eigenvalue weighted by Crippen LogP contribution is -2.35. The first kappa shape index (κ1) is 20.4. The van der Waals surface area contributed by atoms with Gasteiger partial charge in [0.1, 0.15) is 5.75 Å². The van der Waals surface area contributed by atoms with Crippen molar-refractivity contribution in [1.29, 1.82) is 0 Å². The number of rotatable bonds is 7. The molecule has 2 aromatic carbocycles. The molecule has 1 amide bonds. The Labute approximate surface area is 166 Å². The van der Waals surface area contributed by atoms with Crippen molar-refractivity contribution in [3.63, 3.8) is 0 Å². The Hall–Kier alpha value is -2.38. The second-order valence-electron chi connectivity index (χ2n) is 6.82. The summed E-state index contributed by atoms with van der Waals surface area (Å²) in [6, 6.07) is 13.3. The van der Waals surface area contributed by atoms with Crippen LogP contribution in [-0.4, -0.2) is 38.3 Å². The Morgan fingerprint density at radius 3 is 2.46 bits per heavy atom. The lowest BCUT2D eigenvalue weighted by Gasteiger charge is -2.25. The molecule has 0 aromatic heterocycles. The summed E-state index contributed by atoms with van der Waals surface area (Å²) in [5.41, 5.74) is 1.03. The summed E-state index contributed by atoms with van der Waals surface area (Å²) >= 11 is 0. The molecule has 0 unspecified atom stereocenters. The summed E-state index contributed by atoms with van der Waals surface area (Å²) in [4.78, 5) is 12.7. The molecule has 0 bridgehead atoms. The summed E-state index contributed by atoms with van der Waals surface area (Å²) in [5.74, 6) is 0.381. The number of piperidine rings is 1. The van der Waals surface area contributed by atoms with E-state index in [-0.39, 0.29) is 10.8 Å². The SMILES string of the molecule is CCCOc1cccc(C(=O)Nc2ccc(S(=O)(=O)N3CCCCC3)cc2)c1. The highest BCUT2D eigenvalue weighted by molar-refractivity contribution is 7.89. The van der Waals surface area contributed by atoms with Crippen molar-refractivity contribution < 1.29 is 17.9 Å². The lowest BCUT2D eigenvalue weighted by molar-refractivity contribution is 0.102. The third-order valence-corrected chi connectivity index (χ3v) is 6.55. The van der Waals surface area contributed by atoms with Gasteiger partial charge in [0.25, 0.3) is 5.91 Å². The summed E-state index contributed by atoms with van der Waals surface area (Å²) in [6.45, 7) is 3.75. The number of benzene rings is 2. The predicted octanol–water partition coefficient (Wildman–Crippen LogP) is 3.90. The number of hydrogen-bond donors (Lipinski definition) is 1. The molecule has 1 saturated heterocycles. The Bertz CT molecular complexity index is 904. The summed E-state index contributed by atoms with van der Waals surface area (Å²) < 4.78 is 32.5. The van der Waals surface area contributed by atoms with E-state index in [1.165, 1.54) is 4.31 Å². The Kier molecular flexibility index (Phi) is 6.70. The van der Waals surface area contributed by atoms with Gasteiger partial charge in [-0.1, -0.05) is 19.4 Å². The molecule has 7 heteroatoms. The number of nitrogens with one attached hydrogen (secondary N) is 1. The van der Waals surface area contributed by atoms with Gasteiger partial charge in [-0.25, -0.2) is 8.42 Å². The normalized spacial score (nSPS) is 15.2. The number of carbonyl (C=O) groups excluding carboxylic acids is 1. The Balaban J connectivity index is 1.68. The number of hydrogen-bond acceptors (Lipinski definition) is 4. The lowest BCUT2D eigenvalue weighted by atomic mass is 10.2. The van der Waals surface area contributed by atoms with Crippen LogP contribution in [0.15, 0.2) is 53.4 Å². The molecule has 0 spiro atoms. The van der Waals surface area contributed by atoms with Gasteiger partial charge in [-0.15, -0.1) is 0 Å². The van der Waals surface area contributed by atoms with Crippen LogP contribution in [0.3, 0.4) is 0 Å². The fraction of sp³-hybridized carbons (Fsp3) is 0.381. The quantitative estimate of drug-likeness (QED) is 0.762. The highest BCUT2D eigenvalue weighted by Gasteiger charge is 2.25. The van der Waals surface area contributed by atoms with Crippen molar-refractivity contribution in [1.82, 2.24) is 4.31 Å². The monoisotopic (exact) mass is 402 g/mol. The third-order valence-electron chi connectivity index (χ3n) is 4.63. The molecule has 0 radical (unpaired) electrons. The number of amides is 1. The van der Waals surface area contributed by atoms with Crippen LogP contribution in [0.5, 0.6) is 5.75 Å². The molecule has 0 atom stereocenters. The maximum absolute atomic E-state index is 12.7. The van der Waals surface area contributed by atoms with Crippen molar-refractivity contribution in [3.05, 3.63) is 54.1 Å². The zero-order chi connectivity index (χ0) is 20.0. The van der Waals surface area contributed by atoms with Gasteiger partial charge in [-0.05, 0) is 61.7 Å². The fourth-order valence-corrected chi connectivity index (χ4v) is 4.63. The summed E-state index contributed by atoms with van der Waals surface area (Å²) in [6.07, 6.45) is 3.76. The number of nitrogens with zero attached hydrogens (tertiary/aromatic N) is 1. The average molecular weight is 403 g/mol. The molecule has 1 N–H and O–H groups in total. The van der Waals surface area contributed by atoms with Crippen molar-refractivity contribution >= 4 is 21.6 Å². The van der Waals surface area contributed by atoms with Crippen molar-refractivity contribution in [2.45, 2.75) is 37.5 Å². The fourth-order valence-electron chi connectivity index (χ4n) is 3.11. The number of sulfonamides is 1. The molecule has 2 aromatic rings. The van der Waals surface area contributed by atoms with E-state index in [4.69, 9.17) is 4.74 Å². The number of anilines is 1. The van der Waals surface area contributed by atoms with Gasteiger partial charge in [0.05, 0.1) is 11.5 Å². The molecule has 28 heavy (non-hydrogen) atoms. The minimum atomic E-state index is -3.47. The Morgan fingerprint density at radius 1 is 1.07 bits per heavy atom. The van der Waals surface area contributed by atoms with E-state index in [2.05, 4.69) is 5.32 Å². The zero-order valence-corrected chi connectivity index (χ0v) is 16.9. The summed E-state index contributed by atoms with van der Waals surface area (Å²) in [5, 5.41) is 2.80. The van der Waals surface area contributed by atoms with E-state index < -0.39 is 10.0 Å². The average Bonchev–Trinajstić information content (AvgIpc) is 2.73. The van der Waals surface area contributed by atoms with Crippen LogP contribution < -0.4 is 10.1 Å². The third kappa shape index (κ3) is 4.91. The highest BCUT2D eigenvalue weighted by Crippen LogP contribution is 2.22.